The van der Waals surface area contributed by atoms with E-state index in [1.54, 1.807) is 13.8 Å². The summed E-state index contributed by atoms with van der Waals surface area (Å²) in [6.45, 7) is 13.6. The van der Waals surface area contributed by atoms with E-state index in [4.69, 9.17) is 9.47 Å². The van der Waals surface area contributed by atoms with Crippen molar-refractivity contribution in [1.29, 1.82) is 0 Å². The molecule has 0 amide bonds. The number of hydrogen-bond acceptors (Lipinski definition) is 6. The molecule has 130 valence electrons. The molecule has 0 bridgehead atoms. The second kappa shape index (κ2) is 10.6. The van der Waals surface area contributed by atoms with Gasteiger partial charge in [0.05, 0.1) is 6.10 Å². The van der Waals surface area contributed by atoms with Crippen molar-refractivity contribution in [1.82, 2.24) is 10.6 Å². The third kappa shape index (κ3) is 9.73. The first-order valence-corrected chi connectivity index (χ1v) is 8.03. The fourth-order valence-corrected chi connectivity index (χ4v) is 1.85. The van der Waals surface area contributed by atoms with Gasteiger partial charge >= 0.3 is 11.9 Å². The van der Waals surface area contributed by atoms with Crippen molar-refractivity contribution in [3.8, 4) is 0 Å². The van der Waals surface area contributed by atoms with E-state index in [1.165, 1.54) is 0 Å². The number of carbonyl (C=O) groups excluding carboxylic acids is 2. The summed E-state index contributed by atoms with van der Waals surface area (Å²) < 4.78 is 10.5. The number of ether oxygens (including phenoxy) is 2. The highest BCUT2D eigenvalue weighted by Gasteiger charge is 2.19. The van der Waals surface area contributed by atoms with Crippen LogP contribution in [-0.4, -0.2) is 48.8 Å². The lowest BCUT2D eigenvalue weighted by Gasteiger charge is -2.20. The zero-order chi connectivity index (χ0) is 17.3. The van der Waals surface area contributed by atoms with E-state index < -0.39 is 0 Å². The van der Waals surface area contributed by atoms with Gasteiger partial charge in [0, 0.05) is 6.04 Å². The fraction of sp³-hybridized carbons (Fsp3) is 0.875. The van der Waals surface area contributed by atoms with Gasteiger partial charge in [0.2, 0.25) is 0 Å². The van der Waals surface area contributed by atoms with Crippen LogP contribution in [0.3, 0.4) is 0 Å². The van der Waals surface area contributed by atoms with Crippen LogP contribution in [0.4, 0.5) is 0 Å². The number of hydrogen-bond donors (Lipinski definition) is 2. The molecule has 0 aromatic rings. The first kappa shape index (κ1) is 20.9. The van der Waals surface area contributed by atoms with Crippen LogP contribution in [0.1, 0.15) is 54.9 Å². The third-order valence-corrected chi connectivity index (χ3v) is 2.96. The molecule has 0 aromatic heterocycles. The molecule has 3 atom stereocenters. The van der Waals surface area contributed by atoms with Gasteiger partial charge in [-0.3, -0.25) is 9.59 Å². The summed E-state index contributed by atoms with van der Waals surface area (Å²) >= 11 is 0. The summed E-state index contributed by atoms with van der Waals surface area (Å²) in [5.74, 6) is -0.525. The molecule has 0 aliphatic carbocycles. The average Bonchev–Trinajstić information content (AvgIpc) is 2.36. The molecule has 0 saturated carbocycles. The van der Waals surface area contributed by atoms with Crippen LogP contribution in [0, 0.1) is 0 Å². The highest BCUT2D eigenvalue weighted by molar-refractivity contribution is 5.75. The van der Waals surface area contributed by atoms with Crippen LogP contribution in [0.15, 0.2) is 0 Å². The zero-order valence-corrected chi connectivity index (χ0v) is 14.9. The Bertz CT molecular complexity index is 345. The summed E-state index contributed by atoms with van der Waals surface area (Å²) in [4.78, 5) is 23.5. The Morgan fingerprint density at radius 1 is 0.864 bits per heavy atom. The molecule has 22 heavy (non-hydrogen) atoms. The van der Waals surface area contributed by atoms with Gasteiger partial charge in [-0.15, -0.1) is 0 Å². The van der Waals surface area contributed by atoms with Gasteiger partial charge in [-0.2, -0.15) is 0 Å². The molecule has 0 radical (unpaired) electrons. The van der Waals surface area contributed by atoms with Gasteiger partial charge < -0.3 is 20.1 Å². The number of carbonyl (C=O) groups is 2. The Balaban J connectivity index is 3.96. The number of nitrogens with one attached hydrogen (secondary N) is 2. The molecule has 2 N–H and O–H groups in total. The first-order valence-electron chi connectivity index (χ1n) is 8.03. The van der Waals surface area contributed by atoms with Gasteiger partial charge in [0.15, 0.2) is 0 Å². The summed E-state index contributed by atoms with van der Waals surface area (Å²) in [5, 5.41) is 6.18. The van der Waals surface area contributed by atoms with Crippen LogP contribution >= 0.6 is 0 Å². The van der Waals surface area contributed by atoms with E-state index in [0.29, 0.717) is 13.0 Å². The molecular formula is C16H32N2O4. The smallest absolute Gasteiger partial charge is 0.323 e. The lowest BCUT2D eigenvalue weighted by molar-refractivity contribution is -0.152. The van der Waals surface area contributed by atoms with Gasteiger partial charge in [0.25, 0.3) is 0 Å². The second-order valence-corrected chi connectivity index (χ2v) is 6.24. The highest BCUT2D eigenvalue weighted by Crippen LogP contribution is 2.01. The maximum Gasteiger partial charge on any atom is 0.323 e. The fourth-order valence-electron chi connectivity index (χ4n) is 1.85. The Morgan fingerprint density at radius 3 is 1.91 bits per heavy atom. The predicted octanol–water partition coefficient (Wildman–Crippen LogP) is 1.62. The molecule has 6 nitrogen and oxygen atoms in total. The van der Waals surface area contributed by atoms with Gasteiger partial charge in [-0.25, -0.2) is 0 Å². The van der Waals surface area contributed by atoms with Crippen molar-refractivity contribution in [2.45, 2.75) is 85.2 Å². The van der Waals surface area contributed by atoms with E-state index in [9.17, 15) is 9.59 Å². The summed E-state index contributed by atoms with van der Waals surface area (Å²) in [6, 6.07) is -0.463. The van der Waals surface area contributed by atoms with E-state index >= 15 is 0 Å². The van der Waals surface area contributed by atoms with E-state index in [1.807, 2.05) is 34.6 Å². The monoisotopic (exact) mass is 316 g/mol. The highest BCUT2D eigenvalue weighted by atomic mass is 16.5. The number of rotatable bonds is 10. The molecule has 6 heteroatoms. The average molecular weight is 316 g/mol. The van der Waals surface area contributed by atoms with E-state index in [2.05, 4.69) is 10.6 Å². The molecular weight excluding hydrogens is 284 g/mol. The van der Waals surface area contributed by atoms with Crippen molar-refractivity contribution < 1.29 is 19.1 Å². The van der Waals surface area contributed by atoms with Crippen LogP contribution < -0.4 is 10.6 Å². The van der Waals surface area contributed by atoms with Crippen LogP contribution in [0.5, 0.6) is 0 Å². The Kier molecular flexibility index (Phi) is 10.0. The number of esters is 2. The maximum atomic E-state index is 11.8. The van der Waals surface area contributed by atoms with E-state index in [0.717, 1.165) is 0 Å². The molecule has 0 heterocycles. The van der Waals surface area contributed by atoms with E-state index in [-0.39, 0.29) is 42.3 Å². The summed E-state index contributed by atoms with van der Waals surface area (Å²) in [6.07, 6.45) is 0.315. The first-order chi connectivity index (χ1) is 10.1. The van der Waals surface area contributed by atoms with Gasteiger partial charge in [-0.1, -0.05) is 13.8 Å². The van der Waals surface area contributed by atoms with Crippen LogP contribution in [0.25, 0.3) is 0 Å². The minimum Gasteiger partial charge on any atom is -0.462 e. The van der Waals surface area contributed by atoms with Crippen LogP contribution in [0.2, 0.25) is 0 Å². The standard InChI is InChI=1S/C16H32N2O4/c1-10(2)18-14(7)16(20)22-12(5)8-9-17-13(6)15(19)21-11(3)4/h10-14,17-18H,8-9H2,1-7H3. The SMILES string of the molecule is CC(C)NC(C)C(=O)OC(C)CCNC(C)C(=O)OC(C)C. The molecule has 0 aliphatic rings. The molecule has 0 spiro atoms. The molecule has 0 fully saturated rings. The van der Waals surface area contributed by atoms with Crippen LogP contribution in [-0.2, 0) is 19.1 Å². The minimum atomic E-state index is -0.369. The minimum absolute atomic E-state index is 0.119. The second-order valence-electron chi connectivity index (χ2n) is 6.24. The Hall–Kier alpha value is -1.14. The largest absolute Gasteiger partial charge is 0.462 e. The third-order valence-electron chi connectivity index (χ3n) is 2.96. The molecule has 0 aliphatic heterocycles. The van der Waals surface area contributed by atoms with Gasteiger partial charge in [0.1, 0.15) is 18.2 Å². The van der Waals surface area contributed by atoms with Crippen molar-refractivity contribution >= 4 is 11.9 Å². The molecule has 0 saturated heterocycles. The zero-order valence-electron chi connectivity index (χ0n) is 14.9. The topological polar surface area (TPSA) is 76.7 Å². The maximum absolute atomic E-state index is 11.8. The molecule has 0 rings (SSSR count). The van der Waals surface area contributed by atoms with Crippen molar-refractivity contribution in [3.05, 3.63) is 0 Å². The molecule has 3 unspecified atom stereocenters. The van der Waals surface area contributed by atoms with Gasteiger partial charge in [-0.05, 0) is 47.6 Å². The quantitative estimate of drug-likeness (QED) is 0.597. The predicted molar refractivity (Wildman–Crippen MR) is 86.6 cm³/mol. The molecule has 0 aromatic carbocycles. The Labute approximate surface area is 134 Å². The normalized spacial score (nSPS) is 15.5. The Morgan fingerprint density at radius 2 is 1.41 bits per heavy atom. The van der Waals surface area contributed by atoms with Crippen molar-refractivity contribution in [2.75, 3.05) is 6.54 Å². The lowest BCUT2D eigenvalue weighted by Crippen LogP contribution is -2.41. The van der Waals surface area contributed by atoms with Crippen molar-refractivity contribution in [2.24, 2.45) is 0 Å². The van der Waals surface area contributed by atoms with Crippen molar-refractivity contribution in [3.63, 3.8) is 0 Å². The lowest BCUT2D eigenvalue weighted by atomic mass is 10.2. The summed E-state index contributed by atoms with van der Waals surface area (Å²) in [5.41, 5.74) is 0. The summed E-state index contributed by atoms with van der Waals surface area (Å²) in [7, 11) is 0.